The smallest absolute Gasteiger partial charge is 0.00792 e. The van der Waals surface area contributed by atoms with Crippen LogP contribution in [0.1, 0.15) is 58.3 Å². The van der Waals surface area contributed by atoms with E-state index in [1.165, 1.54) is 71.0 Å². The lowest BCUT2D eigenvalue weighted by atomic mass is 10.0. The lowest BCUT2D eigenvalue weighted by Crippen LogP contribution is -2.36. The fourth-order valence-electron chi connectivity index (χ4n) is 2.47. The summed E-state index contributed by atoms with van der Waals surface area (Å²) >= 11 is 0. The number of hydrogen-bond donors (Lipinski definition) is 1. The van der Waals surface area contributed by atoms with Gasteiger partial charge in [-0.15, -0.1) is 0 Å². The van der Waals surface area contributed by atoms with Crippen LogP contribution < -0.4 is 5.32 Å². The lowest BCUT2D eigenvalue weighted by molar-refractivity contribution is 0.282. The first-order chi connectivity index (χ1) is 7.83. The predicted molar refractivity (Wildman–Crippen MR) is 71.9 cm³/mol. The fraction of sp³-hybridized carbons (Fsp3) is 1.00. The summed E-state index contributed by atoms with van der Waals surface area (Å²) in [4.78, 5) is 2.51. The molecule has 1 unspecified atom stereocenters. The van der Waals surface area contributed by atoms with Gasteiger partial charge in [0.2, 0.25) is 0 Å². The number of nitrogens with one attached hydrogen (secondary N) is 1. The molecule has 1 N–H and O–H groups in total. The van der Waals surface area contributed by atoms with Crippen molar-refractivity contribution < 1.29 is 0 Å². The van der Waals surface area contributed by atoms with Crippen LogP contribution in [0, 0.1) is 0 Å². The van der Waals surface area contributed by atoms with Gasteiger partial charge in [-0.2, -0.15) is 0 Å². The second kappa shape index (κ2) is 9.00. The maximum Gasteiger partial charge on any atom is 0.00792 e. The van der Waals surface area contributed by atoms with Gasteiger partial charge < -0.3 is 10.2 Å². The van der Waals surface area contributed by atoms with E-state index in [-0.39, 0.29) is 0 Å². The molecule has 1 heterocycles. The van der Waals surface area contributed by atoms with Gasteiger partial charge in [0.25, 0.3) is 0 Å². The minimum absolute atomic E-state index is 0.798. The van der Waals surface area contributed by atoms with Gasteiger partial charge in [0.05, 0.1) is 0 Å². The van der Waals surface area contributed by atoms with E-state index in [1.807, 2.05) is 0 Å². The zero-order valence-corrected chi connectivity index (χ0v) is 11.3. The topological polar surface area (TPSA) is 15.3 Å². The van der Waals surface area contributed by atoms with Crippen LogP contribution in [0.2, 0.25) is 0 Å². The summed E-state index contributed by atoms with van der Waals surface area (Å²) in [6.07, 6.45) is 11.1. The Bertz CT molecular complexity index is 153. The first-order valence-corrected chi connectivity index (χ1v) is 7.25. The third-order valence-electron chi connectivity index (χ3n) is 3.67. The minimum atomic E-state index is 0.798. The van der Waals surface area contributed by atoms with Crippen molar-refractivity contribution in [1.29, 1.82) is 0 Å². The van der Waals surface area contributed by atoms with Crippen molar-refractivity contribution in [1.82, 2.24) is 10.2 Å². The van der Waals surface area contributed by atoms with E-state index in [0.29, 0.717) is 0 Å². The molecule has 16 heavy (non-hydrogen) atoms. The van der Waals surface area contributed by atoms with Gasteiger partial charge in [0.1, 0.15) is 0 Å². The molecule has 0 aromatic carbocycles. The maximum absolute atomic E-state index is 3.62. The van der Waals surface area contributed by atoms with E-state index in [0.717, 1.165) is 6.04 Å². The zero-order valence-electron chi connectivity index (χ0n) is 11.3. The Morgan fingerprint density at radius 2 is 2.00 bits per heavy atom. The van der Waals surface area contributed by atoms with Gasteiger partial charge in [0, 0.05) is 6.04 Å². The number of piperidine rings is 1. The Hall–Kier alpha value is -0.0800. The minimum Gasteiger partial charge on any atom is -0.314 e. The van der Waals surface area contributed by atoms with Gasteiger partial charge >= 0.3 is 0 Å². The molecule has 0 saturated carbocycles. The van der Waals surface area contributed by atoms with Crippen molar-refractivity contribution in [2.45, 2.75) is 64.3 Å². The summed E-state index contributed by atoms with van der Waals surface area (Å²) < 4.78 is 0. The predicted octanol–water partition coefficient (Wildman–Crippen LogP) is 3.03. The Morgan fingerprint density at radius 1 is 1.12 bits per heavy atom. The van der Waals surface area contributed by atoms with Crippen molar-refractivity contribution in [2.24, 2.45) is 0 Å². The molecule has 0 aromatic heterocycles. The third kappa shape index (κ3) is 6.49. The van der Waals surface area contributed by atoms with Gasteiger partial charge in [0.15, 0.2) is 0 Å². The van der Waals surface area contributed by atoms with Gasteiger partial charge in [-0.1, -0.05) is 32.6 Å². The Labute approximate surface area is 102 Å². The molecule has 1 rings (SSSR count). The molecule has 0 amide bonds. The van der Waals surface area contributed by atoms with Crippen molar-refractivity contribution in [2.75, 3.05) is 26.7 Å². The van der Waals surface area contributed by atoms with Crippen LogP contribution in [-0.2, 0) is 0 Å². The van der Waals surface area contributed by atoms with Crippen LogP contribution in [0.4, 0.5) is 0 Å². The summed E-state index contributed by atoms with van der Waals surface area (Å²) in [7, 11) is 2.27. The Morgan fingerprint density at radius 3 is 2.69 bits per heavy atom. The van der Waals surface area contributed by atoms with E-state index in [1.54, 1.807) is 0 Å². The van der Waals surface area contributed by atoms with Crippen LogP contribution in [-0.4, -0.2) is 37.6 Å². The highest BCUT2D eigenvalue weighted by atomic mass is 15.1. The highest BCUT2D eigenvalue weighted by Gasteiger charge is 2.12. The molecule has 0 bridgehead atoms. The van der Waals surface area contributed by atoms with Gasteiger partial charge in [-0.25, -0.2) is 0 Å². The molecular formula is C14H30N2. The number of rotatable bonds is 8. The number of nitrogens with zero attached hydrogens (tertiary/aromatic N) is 1. The molecule has 0 spiro atoms. The molecule has 1 atom stereocenters. The van der Waals surface area contributed by atoms with Crippen molar-refractivity contribution in [3.05, 3.63) is 0 Å². The molecule has 1 fully saturated rings. The van der Waals surface area contributed by atoms with E-state index < -0.39 is 0 Å². The average Bonchev–Trinajstić information content (AvgIpc) is 2.33. The Balaban J connectivity index is 1.94. The molecule has 0 radical (unpaired) electrons. The second-order valence-corrected chi connectivity index (χ2v) is 5.30. The van der Waals surface area contributed by atoms with Crippen LogP contribution in [0.5, 0.6) is 0 Å². The SMILES string of the molecule is CCCCCCN(C)CCC1CCCCN1. The summed E-state index contributed by atoms with van der Waals surface area (Å²) in [5.41, 5.74) is 0. The van der Waals surface area contributed by atoms with Crippen molar-refractivity contribution in [3.8, 4) is 0 Å². The van der Waals surface area contributed by atoms with E-state index in [2.05, 4.69) is 24.2 Å². The maximum atomic E-state index is 3.62. The molecule has 1 saturated heterocycles. The highest BCUT2D eigenvalue weighted by molar-refractivity contribution is 4.73. The van der Waals surface area contributed by atoms with Crippen LogP contribution in [0.25, 0.3) is 0 Å². The monoisotopic (exact) mass is 226 g/mol. The van der Waals surface area contributed by atoms with E-state index in [4.69, 9.17) is 0 Å². The molecule has 0 aliphatic carbocycles. The van der Waals surface area contributed by atoms with Gasteiger partial charge in [-0.3, -0.25) is 0 Å². The van der Waals surface area contributed by atoms with Crippen LogP contribution >= 0.6 is 0 Å². The molecule has 0 aromatic rings. The fourth-order valence-corrected chi connectivity index (χ4v) is 2.47. The third-order valence-corrected chi connectivity index (χ3v) is 3.67. The molecule has 1 aliphatic heterocycles. The first-order valence-electron chi connectivity index (χ1n) is 7.25. The standard InChI is InChI=1S/C14H30N2/c1-3-4-5-8-12-16(2)13-10-14-9-6-7-11-15-14/h14-15H,3-13H2,1-2H3. The number of hydrogen-bond acceptors (Lipinski definition) is 2. The average molecular weight is 226 g/mol. The molecule has 96 valence electrons. The van der Waals surface area contributed by atoms with E-state index >= 15 is 0 Å². The lowest BCUT2D eigenvalue weighted by Gasteiger charge is -2.25. The molecule has 1 aliphatic rings. The summed E-state index contributed by atoms with van der Waals surface area (Å²) in [6.45, 7) is 6.07. The quantitative estimate of drug-likeness (QED) is 0.640. The molecule has 2 nitrogen and oxygen atoms in total. The van der Waals surface area contributed by atoms with Gasteiger partial charge in [-0.05, 0) is 52.4 Å². The Kier molecular flexibility index (Phi) is 7.87. The number of unbranched alkanes of at least 4 members (excludes halogenated alkanes) is 3. The normalized spacial score (nSPS) is 21.6. The summed E-state index contributed by atoms with van der Waals surface area (Å²) in [6, 6.07) is 0.798. The van der Waals surface area contributed by atoms with Crippen molar-refractivity contribution >= 4 is 0 Å². The largest absolute Gasteiger partial charge is 0.314 e. The molecular weight excluding hydrogens is 196 g/mol. The zero-order chi connectivity index (χ0) is 11.6. The van der Waals surface area contributed by atoms with E-state index in [9.17, 15) is 0 Å². The second-order valence-electron chi connectivity index (χ2n) is 5.30. The molecule has 2 heteroatoms. The summed E-state index contributed by atoms with van der Waals surface area (Å²) in [5, 5.41) is 3.62. The van der Waals surface area contributed by atoms with Crippen molar-refractivity contribution in [3.63, 3.8) is 0 Å². The first kappa shape index (κ1) is 14.0. The van der Waals surface area contributed by atoms with Crippen LogP contribution in [0.15, 0.2) is 0 Å². The van der Waals surface area contributed by atoms with Crippen LogP contribution in [0.3, 0.4) is 0 Å². The summed E-state index contributed by atoms with van der Waals surface area (Å²) in [5.74, 6) is 0. The highest BCUT2D eigenvalue weighted by Crippen LogP contribution is 2.10.